The summed E-state index contributed by atoms with van der Waals surface area (Å²) < 4.78 is 13.6. The van der Waals surface area contributed by atoms with Crippen LogP contribution in [0.4, 0.5) is 10.1 Å². The average molecular weight is 324 g/mol. The van der Waals surface area contributed by atoms with E-state index >= 15 is 0 Å². The van der Waals surface area contributed by atoms with Crippen LogP contribution in [0.3, 0.4) is 0 Å². The van der Waals surface area contributed by atoms with Crippen LogP contribution in [0, 0.1) is 5.82 Å². The van der Waals surface area contributed by atoms with Gasteiger partial charge in [0.05, 0.1) is 0 Å². The van der Waals surface area contributed by atoms with Crippen molar-refractivity contribution in [3.8, 4) is 0 Å². The van der Waals surface area contributed by atoms with Gasteiger partial charge in [0, 0.05) is 10.2 Å². The van der Waals surface area contributed by atoms with Crippen molar-refractivity contribution >= 4 is 27.5 Å². The number of hydrogen-bond acceptors (Lipinski definition) is 2. The molecular formula is C14H11BrFNO2. The van der Waals surface area contributed by atoms with E-state index in [1.165, 1.54) is 24.3 Å². The number of benzene rings is 2. The second-order valence-electron chi connectivity index (χ2n) is 3.95. The summed E-state index contributed by atoms with van der Waals surface area (Å²) in [6.07, 6.45) is -1.27. The summed E-state index contributed by atoms with van der Waals surface area (Å²) in [6, 6.07) is 12.1. The van der Waals surface area contributed by atoms with E-state index in [1.54, 1.807) is 24.3 Å². The van der Waals surface area contributed by atoms with Gasteiger partial charge in [-0.1, -0.05) is 28.1 Å². The first-order valence-electron chi connectivity index (χ1n) is 5.56. The Morgan fingerprint density at radius 3 is 2.26 bits per heavy atom. The fourth-order valence-corrected chi connectivity index (χ4v) is 1.80. The molecule has 1 atom stereocenters. The number of aliphatic hydroxyl groups is 1. The summed E-state index contributed by atoms with van der Waals surface area (Å²) in [4.78, 5) is 11.8. The highest BCUT2D eigenvalue weighted by atomic mass is 79.9. The molecule has 2 aromatic carbocycles. The summed E-state index contributed by atoms with van der Waals surface area (Å²) >= 11 is 3.27. The van der Waals surface area contributed by atoms with Crippen molar-refractivity contribution in [3.63, 3.8) is 0 Å². The van der Waals surface area contributed by atoms with Gasteiger partial charge in [0.15, 0.2) is 6.10 Å². The highest BCUT2D eigenvalue weighted by Crippen LogP contribution is 2.18. The molecule has 0 aliphatic carbocycles. The van der Waals surface area contributed by atoms with Crippen LogP contribution in [-0.4, -0.2) is 11.0 Å². The molecule has 0 saturated carbocycles. The molecule has 0 radical (unpaired) electrons. The number of aliphatic hydroxyl groups excluding tert-OH is 1. The van der Waals surface area contributed by atoms with E-state index in [2.05, 4.69) is 21.2 Å². The standard InChI is InChI=1S/C14H11BrFNO2/c15-10-3-1-9(2-4-10)13(18)14(19)17-12-7-5-11(16)6-8-12/h1-8,13,18H,(H,17,19). The molecule has 1 unspecified atom stereocenters. The van der Waals surface area contributed by atoms with E-state index in [1.807, 2.05) is 0 Å². The Morgan fingerprint density at radius 1 is 1.11 bits per heavy atom. The van der Waals surface area contributed by atoms with Crippen molar-refractivity contribution in [1.82, 2.24) is 0 Å². The van der Waals surface area contributed by atoms with Gasteiger partial charge >= 0.3 is 0 Å². The van der Waals surface area contributed by atoms with Crippen LogP contribution in [0.15, 0.2) is 53.0 Å². The van der Waals surface area contributed by atoms with Gasteiger partial charge in [0.2, 0.25) is 0 Å². The maximum atomic E-state index is 12.7. The van der Waals surface area contributed by atoms with Crippen LogP contribution in [0.5, 0.6) is 0 Å². The maximum absolute atomic E-state index is 12.7. The predicted molar refractivity (Wildman–Crippen MR) is 74.1 cm³/mol. The Balaban J connectivity index is 2.07. The first-order valence-corrected chi connectivity index (χ1v) is 6.35. The molecule has 19 heavy (non-hydrogen) atoms. The molecule has 98 valence electrons. The van der Waals surface area contributed by atoms with Crippen LogP contribution < -0.4 is 5.32 Å². The second-order valence-corrected chi connectivity index (χ2v) is 4.87. The van der Waals surface area contributed by atoms with E-state index in [0.29, 0.717) is 11.3 Å². The van der Waals surface area contributed by atoms with Crippen molar-refractivity contribution < 1.29 is 14.3 Å². The molecule has 0 spiro atoms. The zero-order valence-corrected chi connectivity index (χ0v) is 11.4. The van der Waals surface area contributed by atoms with Crippen LogP contribution in [0.25, 0.3) is 0 Å². The number of carbonyl (C=O) groups excluding carboxylic acids is 1. The van der Waals surface area contributed by atoms with Crippen molar-refractivity contribution in [2.75, 3.05) is 5.32 Å². The fourth-order valence-electron chi connectivity index (χ4n) is 1.54. The molecule has 0 heterocycles. The lowest BCUT2D eigenvalue weighted by atomic mass is 10.1. The average Bonchev–Trinajstić information content (AvgIpc) is 2.41. The minimum absolute atomic E-state index is 0.383. The number of halogens is 2. The summed E-state index contributed by atoms with van der Waals surface area (Å²) in [6.45, 7) is 0. The highest BCUT2D eigenvalue weighted by Gasteiger charge is 2.17. The number of nitrogens with one attached hydrogen (secondary N) is 1. The first-order chi connectivity index (χ1) is 9.06. The Morgan fingerprint density at radius 2 is 1.68 bits per heavy atom. The molecule has 2 N–H and O–H groups in total. The minimum atomic E-state index is -1.27. The molecule has 0 saturated heterocycles. The molecule has 1 amide bonds. The van der Waals surface area contributed by atoms with E-state index < -0.39 is 12.0 Å². The molecule has 0 aliphatic heterocycles. The predicted octanol–water partition coefficient (Wildman–Crippen LogP) is 3.26. The Kier molecular flexibility index (Phi) is 4.29. The quantitative estimate of drug-likeness (QED) is 0.910. The Bertz CT molecular complexity index is 569. The molecule has 2 rings (SSSR count). The van der Waals surface area contributed by atoms with E-state index in [-0.39, 0.29) is 5.82 Å². The molecule has 0 aromatic heterocycles. The van der Waals surface area contributed by atoms with Gasteiger partial charge in [0.1, 0.15) is 5.82 Å². The van der Waals surface area contributed by atoms with E-state index in [9.17, 15) is 14.3 Å². The van der Waals surface area contributed by atoms with E-state index in [4.69, 9.17) is 0 Å². The smallest absolute Gasteiger partial charge is 0.257 e. The zero-order valence-electron chi connectivity index (χ0n) is 9.81. The number of hydrogen-bond donors (Lipinski definition) is 2. The van der Waals surface area contributed by atoms with Crippen LogP contribution >= 0.6 is 15.9 Å². The first kappa shape index (κ1) is 13.7. The Hall–Kier alpha value is -1.72. The lowest BCUT2D eigenvalue weighted by Gasteiger charge is -2.11. The Labute approximate surface area is 118 Å². The molecule has 2 aromatic rings. The summed E-state index contributed by atoms with van der Waals surface area (Å²) in [5.41, 5.74) is 0.922. The molecule has 3 nitrogen and oxygen atoms in total. The minimum Gasteiger partial charge on any atom is -0.378 e. The maximum Gasteiger partial charge on any atom is 0.257 e. The van der Waals surface area contributed by atoms with Gasteiger partial charge in [-0.05, 0) is 42.0 Å². The third-order valence-electron chi connectivity index (χ3n) is 2.55. The largest absolute Gasteiger partial charge is 0.378 e. The SMILES string of the molecule is O=C(Nc1ccc(F)cc1)C(O)c1ccc(Br)cc1. The van der Waals surface area contributed by atoms with Gasteiger partial charge in [-0.2, -0.15) is 0 Å². The van der Waals surface area contributed by atoms with Crippen molar-refractivity contribution in [3.05, 3.63) is 64.4 Å². The van der Waals surface area contributed by atoms with Gasteiger partial charge in [-0.3, -0.25) is 4.79 Å². The lowest BCUT2D eigenvalue weighted by Crippen LogP contribution is -2.20. The van der Waals surface area contributed by atoms with Crippen LogP contribution in [-0.2, 0) is 4.79 Å². The lowest BCUT2D eigenvalue weighted by molar-refractivity contribution is -0.124. The number of anilines is 1. The normalized spacial score (nSPS) is 11.9. The van der Waals surface area contributed by atoms with Crippen molar-refractivity contribution in [2.24, 2.45) is 0 Å². The van der Waals surface area contributed by atoms with Gasteiger partial charge < -0.3 is 10.4 Å². The fraction of sp³-hybridized carbons (Fsp3) is 0.0714. The topological polar surface area (TPSA) is 49.3 Å². The monoisotopic (exact) mass is 323 g/mol. The summed E-state index contributed by atoms with van der Waals surface area (Å²) in [5, 5.41) is 12.4. The zero-order chi connectivity index (χ0) is 13.8. The number of rotatable bonds is 3. The molecular weight excluding hydrogens is 313 g/mol. The molecule has 0 aliphatic rings. The third kappa shape index (κ3) is 3.62. The molecule has 5 heteroatoms. The van der Waals surface area contributed by atoms with Crippen LogP contribution in [0.1, 0.15) is 11.7 Å². The second kappa shape index (κ2) is 5.95. The highest BCUT2D eigenvalue weighted by molar-refractivity contribution is 9.10. The third-order valence-corrected chi connectivity index (χ3v) is 3.07. The number of carbonyl (C=O) groups is 1. The van der Waals surface area contributed by atoms with Gasteiger partial charge in [-0.15, -0.1) is 0 Å². The summed E-state index contributed by atoms with van der Waals surface area (Å²) in [5.74, 6) is -0.944. The molecule has 0 fully saturated rings. The van der Waals surface area contributed by atoms with Crippen molar-refractivity contribution in [2.45, 2.75) is 6.10 Å². The van der Waals surface area contributed by atoms with Gasteiger partial charge in [0.25, 0.3) is 5.91 Å². The number of amides is 1. The molecule has 0 bridgehead atoms. The van der Waals surface area contributed by atoms with Crippen LogP contribution in [0.2, 0.25) is 0 Å². The van der Waals surface area contributed by atoms with Crippen molar-refractivity contribution in [1.29, 1.82) is 0 Å². The van der Waals surface area contributed by atoms with Gasteiger partial charge in [-0.25, -0.2) is 4.39 Å². The summed E-state index contributed by atoms with van der Waals surface area (Å²) in [7, 11) is 0. The van der Waals surface area contributed by atoms with E-state index in [0.717, 1.165) is 4.47 Å².